The highest BCUT2D eigenvalue weighted by Gasteiger charge is 2.24. The molecule has 6 heteroatoms. The Kier molecular flexibility index (Phi) is 5.12. The van der Waals surface area contributed by atoms with E-state index in [2.05, 4.69) is 17.0 Å². The maximum absolute atomic E-state index is 12.9. The summed E-state index contributed by atoms with van der Waals surface area (Å²) < 4.78 is 10.9. The fourth-order valence-corrected chi connectivity index (χ4v) is 3.47. The highest BCUT2D eigenvalue weighted by atomic mass is 16.5. The van der Waals surface area contributed by atoms with E-state index in [9.17, 15) is 9.59 Å². The molecule has 0 atom stereocenters. The second-order valence-corrected chi connectivity index (χ2v) is 6.89. The van der Waals surface area contributed by atoms with E-state index in [0.29, 0.717) is 29.8 Å². The lowest BCUT2D eigenvalue weighted by Crippen LogP contribution is -2.48. The molecule has 3 aromatic rings. The Morgan fingerprint density at radius 1 is 1.04 bits per heavy atom. The lowest BCUT2D eigenvalue weighted by Gasteiger charge is -2.34. The predicted molar refractivity (Wildman–Crippen MR) is 107 cm³/mol. The van der Waals surface area contributed by atoms with Gasteiger partial charge in [0.25, 0.3) is 5.91 Å². The molecule has 0 N–H and O–H groups in total. The highest BCUT2D eigenvalue weighted by Crippen LogP contribution is 2.20. The van der Waals surface area contributed by atoms with Crippen LogP contribution >= 0.6 is 0 Å². The van der Waals surface area contributed by atoms with Gasteiger partial charge < -0.3 is 14.1 Å². The summed E-state index contributed by atoms with van der Waals surface area (Å²) in [5, 5.41) is 0.435. The van der Waals surface area contributed by atoms with Crippen LogP contribution in [0.3, 0.4) is 0 Å². The van der Waals surface area contributed by atoms with Crippen LogP contribution in [0.4, 0.5) is 0 Å². The zero-order chi connectivity index (χ0) is 19.5. The van der Waals surface area contributed by atoms with Crippen LogP contribution in [-0.2, 0) is 6.54 Å². The van der Waals surface area contributed by atoms with Gasteiger partial charge in [0, 0.05) is 44.9 Å². The average Bonchev–Trinajstić information content (AvgIpc) is 2.74. The smallest absolute Gasteiger partial charge is 0.289 e. The van der Waals surface area contributed by atoms with Crippen LogP contribution in [0, 0.1) is 0 Å². The number of hydrogen-bond acceptors (Lipinski definition) is 5. The molecule has 2 heterocycles. The summed E-state index contributed by atoms with van der Waals surface area (Å²) in [5.74, 6) is 0.401. The Hall–Kier alpha value is -3.12. The molecule has 144 valence electrons. The fraction of sp³-hybridized carbons (Fsp3) is 0.273. The number of carbonyl (C=O) groups excluding carboxylic acids is 1. The van der Waals surface area contributed by atoms with Crippen LogP contribution < -0.4 is 10.2 Å². The first-order chi connectivity index (χ1) is 13.6. The van der Waals surface area contributed by atoms with Gasteiger partial charge in [-0.3, -0.25) is 14.5 Å². The van der Waals surface area contributed by atoms with Crippen molar-refractivity contribution in [3.8, 4) is 5.75 Å². The first kappa shape index (κ1) is 18.3. The Bertz CT molecular complexity index is 1040. The number of rotatable bonds is 4. The van der Waals surface area contributed by atoms with Crippen LogP contribution in [0.5, 0.6) is 5.75 Å². The van der Waals surface area contributed by atoms with E-state index in [1.807, 2.05) is 18.2 Å². The molecule has 1 aliphatic heterocycles. The molecule has 0 spiro atoms. The van der Waals surface area contributed by atoms with Gasteiger partial charge in [-0.1, -0.05) is 30.3 Å². The van der Waals surface area contributed by atoms with Crippen LogP contribution in [0.25, 0.3) is 11.0 Å². The van der Waals surface area contributed by atoms with E-state index in [4.69, 9.17) is 9.15 Å². The van der Waals surface area contributed by atoms with Gasteiger partial charge in [0.15, 0.2) is 11.2 Å². The van der Waals surface area contributed by atoms with Crippen molar-refractivity contribution in [2.24, 2.45) is 0 Å². The van der Waals surface area contributed by atoms with E-state index >= 15 is 0 Å². The summed E-state index contributed by atoms with van der Waals surface area (Å²) in [6, 6.07) is 16.6. The van der Waals surface area contributed by atoms with Crippen molar-refractivity contribution in [1.82, 2.24) is 9.80 Å². The van der Waals surface area contributed by atoms with Crippen molar-refractivity contribution in [3.63, 3.8) is 0 Å². The third-order valence-electron chi connectivity index (χ3n) is 5.06. The van der Waals surface area contributed by atoms with Gasteiger partial charge >= 0.3 is 0 Å². The molecule has 1 fully saturated rings. The molecule has 1 amide bonds. The number of carbonyl (C=O) groups is 1. The number of fused-ring (bicyclic) bond motifs is 1. The first-order valence-electron chi connectivity index (χ1n) is 9.31. The molecule has 0 radical (unpaired) electrons. The van der Waals surface area contributed by atoms with Crippen molar-refractivity contribution in [3.05, 3.63) is 76.1 Å². The molecule has 1 aliphatic rings. The minimum absolute atomic E-state index is 0.0715. The van der Waals surface area contributed by atoms with E-state index < -0.39 is 0 Å². The number of amides is 1. The monoisotopic (exact) mass is 378 g/mol. The second-order valence-electron chi connectivity index (χ2n) is 6.89. The Labute approximate surface area is 162 Å². The van der Waals surface area contributed by atoms with Crippen LogP contribution in [0.1, 0.15) is 16.1 Å². The zero-order valence-electron chi connectivity index (χ0n) is 15.8. The molecule has 0 bridgehead atoms. The maximum atomic E-state index is 12.9. The number of piperazine rings is 1. The summed E-state index contributed by atoms with van der Waals surface area (Å²) >= 11 is 0. The van der Waals surface area contributed by atoms with Crippen molar-refractivity contribution in [2.45, 2.75) is 6.54 Å². The van der Waals surface area contributed by atoms with Gasteiger partial charge in [-0.25, -0.2) is 0 Å². The van der Waals surface area contributed by atoms with E-state index in [-0.39, 0.29) is 17.1 Å². The van der Waals surface area contributed by atoms with Gasteiger partial charge in [0.1, 0.15) is 11.3 Å². The molecule has 6 nitrogen and oxygen atoms in total. The number of methoxy groups -OCH3 is 1. The summed E-state index contributed by atoms with van der Waals surface area (Å²) in [6.45, 7) is 3.64. The highest BCUT2D eigenvalue weighted by molar-refractivity contribution is 5.93. The molecule has 0 unspecified atom stereocenters. The van der Waals surface area contributed by atoms with Gasteiger partial charge in [-0.05, 0) is 17.7 Å². The molecule has 0 saturated carbocycles. The number of benzene rings is 2. The van der Waals surface area contributed by atoms with Crippen molar-refractivity contribution in [1.29, 1.82) is 0 Å². The molecular weight excluding hydrogens is 356 g/mol. The SMILES string of the molecule is COc1ccc2c(=O)cc(C(=O)N3CCN(Cc4ccccc4)CC3)oc2c1. The third kappa shape index (κ3) is 3.77. The topological polar surface area (TPSA) is 63.0 Å². The summed E-state index contributed by atoms with van der Waals surface area (Å²) in [4.78, 5) is 29.3. The van der Waals surface area contributed by atoms with Crippen LogP contribution in [-0.4, -0.2) is 49.0 Å². The largest absolute Gasteiger partial charge is 0.497 e. The predicted octanol–water partition coefficient (Wildman–Crippen LogP) is 2.76. The minimum Gasteiger partial charge on any atom is -0.497 e. The summed E-state index contributed by atoms with van der Waals surface area (Å²) in [6.07, 6.45) is 0. The minimum atomic E-state index is -0.249. The standard InChI is InChI=1S/C22H22N2O4/c1-27-17-7-8-18-19(25)14-21(28-20(18)13-17)22(26)24-11-9-23(10-12-24)15-16-5-3-2-4-6-16/h2-8,13-14H,9-12,15H2,1H3. The maximum Gasteiger partial charge on any atom is 0.289 e. The van der Waals surface area contributed by atoms with Crippen molar-refractivity contribution < 1.29 is 13.9 Å². The second kappa shape index (κ2) is 7.86. The van der Waals surface area contributed by atoms with E-state index in [1.165, 1.54) is 11.6 Å². The molecular formula is C22H22N2O4. The number of ether oxygens (including phenoxy) is 1. The summed E-state index contributed by atoms with van der Waals surface area (Å²) in [7, 11) is 1.54. The van der Waals surface area contributed by atoms with Crippen LogP contribution in [0.15, 0.2) is 63.8 Å². The van der Waals surface area contributed by atoms with Crippen molar-refractivity contribution in [2.75, 3.05) is 33.3 Å². The fourth-order valence-electron chi connectivity index (χ4n) is 3.47. The lowest BCUT2D eigenvalue weighted by molar-refractivity contribution is 0.0598. The lowest BCUT2D eigenvalue weighted by atomic mass is 10.2. The van der Waals surface area contributed by atoms with Gasteiger partial charge in [0.2, 0.25) is 0 Å². The molecule has 1 saturated heterocycles. The van der Waals surface area contributed by atoms with Gasteiger partial charge in [-0.15, -0.1) is 0 Å². The normalized spacial score (nSPS) is 15.0. The summed E-state index contributed by atoms with van der Waals surface area (Å²) in [5.41, 5.74) is 1.39. The quantitative estimate of drug-likeness (QED) is 0.699. The molecule has 0 aliphatic carbocycles. The molecule has 2 aromatic carbocycles. The van der Waals surface area contributed by atoms with Gasteiger partial charge in [-0.2, -0.15) is 0 Å². The average molecular weight is 378 g/mol. The van der Waals surface area contributed by atoms with E-state index in [0.717, 1.165) is 19.6 Å². The van der Waals surface area contributed by atoms with E-state index in [1.54, 1.807) is 30.2 Å². The third-order valence-corrected chi connectivity index (χ3v) is 5.06. The molecule has 4 rings (SSSR count). The Morgan fingerprint density at radius 3 is 2.50 bits per heavy atom. The zero-order valence-corrected chi connectivity index (χ0v) is 15.8. The van der Waals surface area contributed by atoms with Gasteiger partial charge in [0.05, 0.1) is 12.5 Å². The number of nitrogens with zero attached hydrogens (tertiary/aromatic N) is 2. The molecule has 1 aromatic heterocycles. The number of hydrogen-bond donors (Lipinski definition) is 0. The Balaban J connectivity index is 1.47. The van der Waals surface area contributed by atoms with Crippen molar-refractivity contribution >= 4 is 16.9 Å². The molecule has 28 heavy (non-hydrogen) atoms. The van der Waals surface area contributed by atoms with Crippen LogP contribution in [0.2, 0.25) is 0 Å². The first-order valence-corrected chi connectivity index (χ1v) is 9.31. The Morgan fingerprint density at radius 2 is 1.79 bits per heavy atom.